The first-order valence-corrected chi connectivity index (χ1v) is 9.54. The van der Waals surface area contributed by atoms with E-state index in [0.717, 1.165) is 37.3 Å². The monoisotopic (exact) mass is 349 g/mol. The molecule has 3 aliphatic rings. The molecule has 2 saturated heterocycles. The molecule has 0 bridgehead atoms. The number of likely N-dealkylation sites (tertiary alicyclic amines) is 1. The van der Waals surface area contributed by atoms with Crippen LogP contribution in [0, 0.1) is 17.3 Å². The first kappa shape index (κ1) is 18.2. The maximum atomic E-state index is 13.1. The summed E-state index contributed by atoms with van der Waals surface area (Å²) in [5.74, 6) is 0.675. The van der Waals surface area contributed by atoms with E-state index in [9.17, 15) is 14.4 Å². The Morgan fingerprint density at radius 1 is 1.12 bits per heavy atom. The van der Waals surface area contributed by atoms with Crippen molar-refractivity contribution in [2.24, 2.45) is 17.3 Å². The molecule has 1 spiro atoms. The molecule has 6 heteroatoms. The average molecular weight is 349 g/mol. The summed E-state index contributed by atoms with van der Waals surface area (Å²) in [7, 11) is 0. The Morgan fingerprint density at radius 2 is 1.76 bits per heavy atom. The van der Waals surface area contributed by atoms with Crippen LogP contribution in [0.5, 0.6) is 0 Å². The van der Waals surface area contributed by atoms with Crippen LogP contribution in [0.3, 0.4) is 0 Å². The Hall–Kier alpha value is -1.59. The van der Waals surface area contributed by atoms with Gasteiger partial charge in [0, 0.05) is 13.1 Å². The number of carbonyl (C=O) groups is 3. The maximum Gasteiger partial charge on any atom is 0.325 e. The molecule has 6 nitrogen and oxygen atoms in total. The Labute approximate surface area is 150 Å². The fourth-order valence-electron chi connectivity index (χ4n) is 5.14. The molecule has 25 heavy (non-hydrogen) atoms. The zero-order valence-electron chi connectivity index (χ0n) is 15.9. The summed E-state index contributed by atoms with van der Waals surface area (Å²) < 4.78 is 0. The van der Waals surface area contributed by atoms with Gasteiger partial charge in [-0.3, -0.25) is 14.5 Å². The molecule has 0 aromatic carbocycles. The molecule has 2 unspecified atom stereocenters. The third-order valence-corrected chi connectivity index (χ3v) is 6.05. The van der Waals surface area contributed by atoms with Crippen molar-refractivity contribution in [3.05, 3.63) is 0 Å². The van der Waals surface area contributed by atoms with Crippen molar-refractivity contribution < 1.29 is 14.4 Å². The second-order valence-corrected chi connectivity index (χ2v) is 9.32. The van der Waals surface area contributed by atoms with E-state index in [4.69, 9.17) is 0 Å². The van der Waals surface area contributed by atoms with E-state index >= 15 is 0 Å². The highest BCUT2D eigenvalue weighted by Gasteiger charge is 2.56. The summed E-state index contributed by atoms with van der Waals surface area (Å²) in [6, 6.07) is -0.409. The molecule has 0 aromatic rings. The van der Waals surface area contributed by atoms with Crippen LogP contribution in [0.1, 0.15) is 59.8 Å². The predicted molar refractivity (Wildman–Crippen MR) is 94.7 cm³/mol. The van der Waals surface area contributed by atoms with Gasteiger partial charge in [0.15, 0.2) is 0 Å². The summed E-state index contributed by atoms with van der Waals surface area (Å²) in [5.41, 5.74) is -0.821. The Morgan fingerprint density at radius 3 is 2.36 bits per heavy atom. The van der Waals surface area contributed by atoms with Gasteiger partial charge < -0.3 is 10.2 Å². The van der Waals surface area contributed by atoms with Crippen LogP contribution < -0.4 is 5.32 Å². The number of hydrogen-bond donors (Lipinski definition) is 1. The largest absolute Gasteiger partial charge is 0.341 e. The first-order chi connectivity index (χ1) is 11.6. The second kappa shape index (κ2) is 6.29. The molecular weight excluding hydrogens is 318 g/mol. The van der Waals surface area contributed by atoms with Crippen LogP contribution in [0.2, 0.25) is 0 Å². The number of amides is 4. The summed E-state index contributed by atoms with van der Waals surface area (Å²) >= 11 is 0. The number of piperidine rings is 1. The van der Waals surface area contributed by atoms with Crippen molar-refractivity contribution in [2.75, 3.05) is 19.6 Å². The summed E-state index contributed by atoms with van der Waals surface area (Å²) in [6.45, 7) is 9.92. The lowest BCUT2D eigenvalue weighted by Crippen LogP contribution is -2.54. The summed E-state index contributed by atoms with van der Waals surface area (Å²) in [4.78, 5) is 41.0. The Bertz CT molecular complexity index is 580. The predicted octanol–water partition coefficient (Wildman–Crippen LogP) is 2.38. The first-order valence-electron chi connectivity index (χ1n) is 9.54. The molecule has 1 aliphatic carbocycles. The molecule has 0 radical (unpaired) electrons. The van der Waals surface area contributed by atoms with Crippen LogP contribution in [0.4, 0.5) is 4.79 Å². The topological polar surface area (TPSA) is 69.7 Å². The number of carbonyl (C=O) groups excluding carboxylic acids is 3. The average Bonchev–Trinajstić information content (AvgIpc) is 2.69. The second-order valence-electron chi connectivity index (χ2n) is 9.32. The Balaban J connectivity index is 1.70. The molecule has 0 aromatic heterocycles. The number of imide groups is 1. The number of hydrogen-bond acceptors (Lipinski definition) is 3. The van der Waals surface area contributed by atoms with Gasteiger partial charge in [0.25, 0.3) is 5.91 Å². The molecule has 1 saturated carbocycles. The van der Waals surface area contributed by atoms with Crippen LogP contribution in [-0.4, -0.2) is 52.8 Å². The van der Waals surface area contributed by atoms with Crippen molar-refractivity contribution in [3.63, 3.8) is 0 Å². The molecule has 1 N–H and O–H groups in total. The fraction of sp³-hybridized carbons (Fsp3) is 0.842. The highest BCUT2D eigenvalue weighted by molar-refractivity contribution is 6.09. The van der Waals surface area contributed by atoms with E-state index in [1.165, 1.54) is 0 Å². The van der Waals surface area contributed by atoms with E-state index in [1.807, 2.05) is 0 Å². The number of urea groups is 1. The standard InChI is InChI=1S/C19H31N3O3/c1-13-5-7-21(8-6-13)15(23)11-22-16(24)19(20-17(22)25)10-14(2)9-18(3,4)12-19/h13-14H,5-12H2,1-4H3,(H,20,25). The zero-order valence-corrected chi connectivity index (χ0v) is 15.9. The molecule has 3 rings (SSSR count). The molecule has 2 heterocycles. The van der Waals surface area contributed by atoms with Crippen LogP contribution in [0.15, 0.2) is 0 Å². The molecular formula is C19H31N3O3. The lowest BCUT2D eigenvalue weighted by Gasteiger charge is -2.43. The number of nitrogens with zero attached hydrogens (tertiary/aromatic N) is 2. The van der Waals surface area contributed by atoms with Crippen LogP contribution in [-0.2, 0) is 9.59 Å². The van der Waals surface area contributed by atoms with E-state index in [2.05, 4.69) is 33.0 Å². The van der Waals surface area contributed by atoms with Gasteiger partial charge in [0.05, 0.1) is 0 Å². The van der Waals surface area contributed by atoms with Gasteiger partial charge in [-0.25, -0.2) is 4.79 Å². The third-order valence-electron chi connectivity index (χ3n) is 6.05. The van der Waals surface area contributed by atoms with Gasteiger partial charge in [0.1, 0.15) is 12.1 Å². The summed E-state index contributed by atoms with van der Waals surface area (Å²) in [5, 5.41) is 2.94. The van der Waals surface area contributed by atoms with Crippen molar-refractivity contribution in [3.8, 4) is 0 Å². The minimum atomic E-state index is -0.824. The van der Waals surface area contributed by atoms with E-state index in [-0.39, 0.29) is 23.8 Å². The van der Waals surface area contributed by atoms with Gasteiger partial charge in [0.2, 0.25) is 5.91 Å². The highest BCUT2D eigenvalue weighted by atomic mass is 16.2. The van der Waals surface area contributed by atoms with Gasteiger partial charge >= 0.3 is 6.03 Å². The van der Waals surface area contributed by atoms with Crippen LogP contribution >= 0.6 is 0 Å². The van der Waals surface area contributed by atoms with E-state index in [0.29, 0.717) is 24.7 Å². The maximum absolute atomic E-state index is 13.1. The molecule has 3 fully saturated rings. The summed E-state index contributed by atoms with van der Waals surface area (Å²) in [6.07, 6.45) is 4.32. The van der Waals surface area contributed by atoms with E-state index in [1.54, 1.807) is 4.90 Å². The quantitative estimate of drug-likeness (QED) is 0.778. The van der Waals surface area contributed by atoms with Crippen molar-refractivity contribution in [2.45, 2.75) is 65.3 Å². The van der Waals surface area contributed by atoms with Crippen molar-refractivity contribution in [1.82, 2.24) is 15.1 Å². The number of nitrogens with one attached hydrogen (secondary N) is 1. The number of rotatable bonds is 2. The van der Waals surface area contributed by atoms with Gasteiger partial charge in [-0.1, -0.05) is 27.7 Å². The van der Waals surface area contributed by atoms with Gasteiger partial charge in [-0.05, 0) is 49.4 Å². The van der Waals surface area contributed by atoms with Gasteiger partial charge in [-0.2, -0.15) is 0 Å². The Kier molecular flexibility index (Phi) is 4.58. The third kappa shape index (κ3) is 3.53. The van der Waals surface area contributed by atoms with E-state index < -0.39 is 11.6 Å². The van der Waals surface area contributed by atoms with Crippen molar-refractivity contribution >= 4 is 17.8 Å². The van der Waals surface area contributed by atoms with Gasteiger partial charge in [-0.15, -0.1) is 0 Å². The molecule has 2 aliphatic heterocycles. The minimum Gasteiger partial charge on any atom is -0.341 e. The minimum absolute atomic E-state index is 0.00360. The van der Waals surface area contributed by atoms with Crippen LogP contribution in [0.25, 0.3) is 0 Å². The normalized spacial score (nSPS) is 33.0. The highest BCUT2D eigenvalue weighted by Crippen LogP contribution is 2.46. The zero-order chi connectivity index (χ0) is 18.4. The lowest BCUT2D eigenvalue weighted by molar-refractivity contribution is -0.141. The molecule has 2 atom stereocenters. The molecule has 4 amide bonds. The van der Waals surface area contributed by atoms with Crippen molar-refractivity contribution in [1.29, 1.82) is 0 Å². The fourth-order valence-corrected chi connectivity index (χ4v) is 5.14. The smallest absolute Gasteiger partial charge is 0.325 e. The lowest BCUT2D eigenvalue weighted by atomic mass is 9.64. The SMILES string of the molecule is CC1CCN(C(=O)CN2C(=O)NC3(CC(C)CC(C)(C)C3)C2=O)CC1. The molecule has 140 valence electrons.